The van der Waals surface area contributed by atoms with Crippen molar-refractivity contribution in [1.29, 1.82) is 0 Å². The lowest BCUT2D eigenvalue weighted by atomic mass is 9.68. The SMILES string of the molecule is c1ccc(-n2c3ccccc3c3cc(-c4ccc5c(c4)c4ccccc4n5-c4ccc(C5(c6ccccc6)c6ccccc6-c6ccccc65)cc4)ccc32)cc1. The van der Waals surface area contributed by atoms with Crippen LogP contribution in [-0.2, 0) is 5.41 Å². The maximum Gasteiger partial charge on any atom is 0.0713 e. The topological polar surface area (TPSA) is 9.86 Å². The van der Waals surface area contributed by atoms with Crippen molar-refractivity contribution in [3.63, 3.8) is 0 Å². The number of hydrogen-bond acceptors (Lipinski definition) is 0. The van der Waals surface area contributed by atoms with Gasteiger partial charge in [0.1, 0.15) is 0 Å². The molecule has 0 saturated carbocycles. The molecule has 0 saturated heterocycles. The fourth-order valence-corrected chi connectivity index (χ4v) is 10.0. The number of nitrogens with zero attached hydrogens (tertiary/aromatic N) is 2. The summed E-state index contributed by atoms with van der Waals surface area (Å²) >= 11 is 0. The van der Waals surface area contributed by atoms with Crippen molar-refractivity contribution in [2.24, 2.45) is 0 Å². The second kappa shape index (κ2) is 12.3. The van der Waals surface area contributed by atoms with Crippen LogP contribution in [0.2, 0.25) is 0 Å². The monoisotopic (exact) mass is 724 g/mol. The molecule has 0 unspecified atom stereocenters. The summed E-state index contributed by atoms with van der Waals surface area (Å²) in [6.07, 6.45) is 0. The van der Waals surface area contributed by atoms with Crippen LogP contribution in [0.15, 0.2) is 218 Å². The molecule has 1 aliphatic carbocycles. The van der Waals surface area contributed by atoms with Gasteiger partial charge in [-0.1, -0.05) is 158 Å². The van der Waals surface area contributed by atoms with Gasteiger partial charge in [-0.15, -0.1) is 0 Å². The number of fused-ring (bicyclic) bond motifs is 9. The van der Waals surface area contributed by atoms with E-state index in [1.54, 1.807) is 0 Å². The first-order valence-corrected chi connectivity index (χ1v) is 19.8. The third kappa shape index (κ3) is 4.53. The van der Waals surface area contributed by atoms with Gasteiger partial charge in [0.15, 0.2) is 0 Å². The van der Waals surface area contributed by atoms with Gasteiger partial charge < -0.3 is 9.13 Å². The van der Waals surface area contributed by atoms with Gasteiger partial charge in [-0.2, -0.15) is 0 Å². The molecule has 0 aliphatic heterocycles. The molecule has 0 fully saturated rings. The fourth-order valence-electron chi connectivity index (χ4n) is 10.0. The summed E-state index contributed by atoms with van der Waals surface area (Å²) in [6.45, 7) is 0. The summed E-state index contributed by atoms with van der Waals surface area (Å²) in [5.74, 6) is 0. The first-order valence-electron chi connectivity index (χ1n) is 19.8. The summed E-state index contributed by atoms with van der Waals surface area (Å²) in [7, 11) is 0. The Labute approximate surface area is 331 Å². The second-order valence-electron chi connectivity index (χ2n) is 15.3. The van der Waals surface area contributed by atoms with Gasteiger partial charge in [-0.3, -0.25) is 0 Å². The molecule has 1 aliphatic rings. The quantitative estimate of drug-likeness (QED) is 0.167. The Morgan fingerprint density at radius 1 is 0.281 bits per heavy atom. The maximum atomic E-state index is 2.43. The Balaban J connectivity index is 1.01. The van der Waals surface area contributed by atoms with Crippen LogP contribution in [0.5, 0.6) is 0 Å². The average Bonchev–Trinajstić information content (AvgIpc) is 3.91. The predicted octanol–water partition coefficient (Wildman–Crippen LogP) is 13.9. The minimum atomic E-state index is -0.419. The predicted molar refractivity (Wildman–Crippen MR) is 238 cm³/mol. The fraction of sp³-hybridized carbons (Fsp3) is 0.0182. The molecule has 0 amide bonds. The summed E-state index contributed by atoms with van der Waals surface area (Å²) < 4.78 is 4.81. The molecule has 0 atom stereocenters. The molecule has 11 aromatic rings. The van der Waals surface area contributed by atoms with Gasteiger partial charge in [-0.25, -0.2) is 0 Å². The van der Waals surface area contributed by atoms with E-state index in [0.717, 1.165) is 5.69 Å². The van der Waals surface area contributed by atoms with E-state index in [2.05, 4.69) is 228 Å². The normalized spacial score (nSPS) is 13.1. The summed E-state index contributed by atoms with van der Waals surface area (Å²) in [4.78, 5) is 0. The van der Waals surface area contributed by atoms with Crippen LogP contribution in [-0.4, -0.2) is 9.13 Å². The molecule has 9 aromatic carbocycles. The van der Waals surface area contributed by atoms with E-state index >= 15 is 0 Å². The highest BCUT2D eigenvalue weighted by molar-refractivity contribution is 6.12. The molecule has 0 N–H and O–H groups in total. The second-order valence-corrected chi connectivity index (χ2v) is 15.3. The van der Waals surface area contributed by atoms with Gasteiger partial charge in [0.05, 0.1) is 27.5 Å². The molecule has 2 heteroatoms. The zero-order chi connectivity index (χ0) is 37.5. The van der Waals surface area contributed by atoms with Gasteiger partial charge in [-0.05, 0) is 105 Å². The van der Waals surface area contributed by atoms with E-state index in [1.165, 1.54) is 93.8 Å². The van der Waals surface area contributed by atoms with Crippen molar-refractivity contribution < 1.29 is 0 Å². The van der Waals surface area contributed by atoms with Crippen molar-refractivity contribution in [3.05, 3.63) is 241 Å². The lowest BCUT2D eigenvalue weighted by molar-refractivity contribution is 0.768. The highest BCUT2D eigenvalue weighted by Gasteiger charge is 2.45. The zero-order valence-electron chi connectivity index (χ0n) is 31.2. The number of benzene rings is 9. The minimum absolute atomic E-state index is 0.419. The van der Waals surface area contributed by atoms with Crippen molar-refractivity contribution >= 4 is 43.6 Å². The Kier molecular flexibility index (Phi) is 6.88. The van der Waals surface area contributed by atoms with Crippen molar-refractivity contribution in [1.82, 2.24) is 9.13 Å². The molecule has 0 spiro atoms. The Morgan fingerprint density at radius 2 is 0.684 bits per heavy atom. The van der Waals surface area contributed by atoms with Gasteiger partial charge in [0, 0.05) is 32.9 Å². The van der Waals surface area contributed by atoms with Crippen LogP contribution < -0.4 is 0 Å². The smallest absolute Gasteiger partial charge is 0.0713 e. The lowest BCUT2D eigenvalue weighted by Gasteiger charge is -2.34. The minimum Gasteiger partial charge on any atom is -0.309 e. The van der Waals surface area contributed by atoms with Crippen LogP contribution in [0.25, 0.3) is 77.2 Å². The number of hydrogen-bond donors (Lipinski definition) is 0. The first kappa shape index (κ1) is 31.9. The summed E-state index contributed by atoms with van der Waals surface area (Å²) in [5.41, 5.74) is 17.0. The van der Waals surface area contributed by atoms with Crippen molar-refractivity contribution in [2.45, 2.75) is 5.41 Å². The Hall–Kier alpha value is -7.42. The molecule has 0 bridgehead atoms. The van der Waals surface area contributed by atoms with Crippen LogP contribution in [0.4, 0.5) is 0 Å². The molecule has 12 rings (SSSR count). The molecule has 0 radical (unpaired) electrons. The molecule has 2 aromatic heterocycles. The van der Waals surface area contributed by atoms with Crippen LogP contribution >= 0.6 is 0 Å². The van der Waals surface area contributed by atoms with E-state index in [1.807, 2.05) is 0 Å². The number of rotatable bonds is 5. The van der Waals surface area contributed by atoms with E-state index in [4.69, 9.17) is 0 Å². The largest absolute Gasteiger partial charge is 0.309 e. The first-order chi connectivity index (χ1) is 28.3. The summed E-state index contributed by atoms with van der Waals surface area (Å²) in [6, 6.07) is 80.4. The third-order valence-electron chi connectivity index (χ3n) is 12.4. The van der Waals surface area contributed by atoms with Crippen molar-refractivity contribution in [3.8, 4) is 33.6 Å². The summed E-state index contributed by atoms with van der Waals surface area (Å²) in [5, 5.41) is 5.02. The van der Waals surface area contributed by atoms with Gasteiger partial charge >= 0.3 is 0 Å². The zero-order valence-corrected chi connectivity index (χ0v) is 31.2. The number of aromatic nitrogens is 2. The van der Waals surface area contributed by atoms with Crippen molar-refractivity contribution in [2.75, 3.05) is 0 Å². The molecule has 266 valence electrons. The third-order valence-corrected chi connectivity index (χ3v) is 12.4. The van der Waals surface area contributed by atoms with E-state index in [-0.39, 0.29) is 0 Å². The average molecular weight is 725 g/mol. The Morgan fingerprint density at radius 3 is 1.23 bits per heavy atom. The lowest BCUT2D eigenvalue weighted by Crippen LogP contribution is -2.28. The molecule has 2 heterocycles. The maximum absolute atomic E-state index is 2.43. The highest BCUT2D eigenvalue weighted by Crippen LogP contribution is 2.56. The number of para-hydroxylation sites is 3. The van der Waals surface area contributed by atoms with E-state index in [0.29, 0.717) is 0 Å². The Bertz CT molecular complexity index is 3280. The van der Waals surface area contributed by atoms with Gasteiger partial charge in [0.2, 0.25) is 0 Å². The van der Waals surface area contributed by atoms with Crippen LogP contribution in [0.1, 0.15) is 22.3 Å². The van der Waals surface area contributed by atoms with E-state index < -0.39 is 5.41 Å². The molecular weight excluding hydrogens is 689 g/mol. The molecule has 2 nitrogen and oxygen atoms in total. The molecular formula is C55H36N2. The highest BCUT2D eigenvalue weighted by atomic mass is 15.0. The van der Waals surface area contributed by atoms with E-state index in [9.17, 15) is 0 Å². The van der Waals surface area contributed by atoms with Gasteiger partial charge in [0.25, 0.3) is 0 Å². The molecule has 57 heavy (non-hydrogen) atoms. The standard InChI is InChI=1S/C55H36N2/c1-3-15-39(16-4-1)55(49-23-11-7-19-43(49)44-20-8-12-24-50(44)55)40-29-31-42(32-30-40)57-52-26-14-10-22-46(52)48-36-38(28-34-54(48)57)37-27-33-53-47(35-37)45-21-9-13-25-51(45)56(53)41-17-5-2-6-18-41/h1-36H. The van der Waals surface area contributed by atoms with Crippen LogP contribution in [0.3, 0.4) is 0 Å². The van der Waals surface area contributed by atoms with Crippen LogP contribution in [0, 0.1) is 0 Å².